The third-order valence-corrected chi connectivity index (χ3v) is 8.10. The van der Waals surface area contributed by atoms with Crippen LogP contribution in [-0.2, 0) is 9.84 Å². The first-order valence-electron chi connectivity index (χ1n) is 9.70. The summed E-state index contributed by atoms with van der Waals surface area (Å²) in [4.78, 5) is 16.6. The van der Waals surface area contributed by atoms with Gasteiger partial charge in [0, 0.05) is 17.2 Å². The number of methoxy groups -OCH3 is 1. The maximum Gasteiger partial charge on any atom is 0.274 e. The Morgan fingerprint density at radius 1 is 1.35 bits per heavy atom. The van der Waals surface area contributed by atoms with Crippen molar-refractivity contribution in [1.82, 2.24) is 4.98 Å². The molecule has 1 unspecified atom stereocenters. The Morgan fingerprint density at radius 2 is 2.10 bits per heavy atom. The van der Waals surface area contributed by atoms with Crippen LogP contribution in [0.2, 0.25) is 0 Å². The van der Waals surface area contributed by atoms with Crippen LogP contribution in [0, 0.1) is 5.41 Å². The molecule has 0 saturated heterocycles. The molecule has 2 aromatic rings. The lowest BCUT2D eigenvalue weighted by Gasteiger charge is -2.30. The number of anilines is 1. The fraction of sp³-hybridized carbons (Fsp3) is 0.381. The summed E-state index contributed by atoms with van der Waals surface area (Å²) in [7, 11) is -2.19. The Kier molecular flexibility index (Phi) is 6.21. The molecule has 1 aromatic heterocycles. The number of fused-ring (bicyclic) bond motifs is 1. The van der Waals surface area contributed by atoms with Gasteiger partial charge in [-0.1, -0.05) is 0 Å². The summed E-state index contributed by atoms with van der Waals surface area (Å²) in [5.41, 5.74) is 6.94. The van der Waals surface area contributed by atoms with Crippen LogP contribution in [0.15, 0.2) is 36.5 Å². The van der Waals surface area contributed by atoms with Crippen molar-refractivity contribution < 1.29 is 22.7 Å². The second kappa shape index (κ2) is 8.54. The van der Waals surface area contributed by atoms with Gasteiger partial charge in [0.05, 0.1) is 25.7 Å². The zero-order valence-corrected chi connectivity index (χ0v) is 18.5. The largest absolute Gasteiger partial charge is 0.495 e. The van der Waals surface area contributed by atoms with E-state index in [-0.39, 0.29) is 17.4 Å². The van der Waals surface area contributed by atoms with E-state index in [0.29, 0.717) is 35.8 Å². The molecule has 0 spiro atoms. The smallest absolute Gasteiger partial charge is 0.274 e. The molecule has 0 fully saturated rings. The predicted molar refractivity (Wildman–Crippen MR) is 118 cm³/mol. The maximum atomic E-state index is 12.9. The van der Waals surface area contributed by atoms with E-state index < -0.39 is 26.3 Å². The fourth-order valence-electron chi connectivity index (χ4n) is 3.19. The highest BCUT2D eigenvalue weighted by Gasteiger charge is 2.40. The quantitative estimate of drug-likeness (QED) is 0.437. The van der Waals surface area contributed by atoms with Crippen LogP contribution in [-0.4, -0.2) is 49.4 Å². The van der Waals surface area contributed by atoms with Crippen LogP contribution >= 0.6 is 0 Å². The molecule has 0 saturated carbocycles. The average molecular weight is 447 g/mol. The number of nitrogens with one attached hydrogen (secondary N) is 2. The van der Waals surface area contributed by atoms with Crippen molar-refractivity contribution in [3.05, 3.63) is 47.8 Å². The number of amidine groups is 1. The van der Waals surface area contributed by atoms with Crippen LogP contribution < -0.4 is 20.5 Å². The average Bonchev–Trinajstić information content (AvgIpc) is 2.73. The van der Waals surface area contributed by atoms with Gasteiger partial charge in [0.2, 0.25) is 0 Å². The highest BCUT2D eigenvalue weighted by molar-refractivity contribution is 7.93. The topological polar surface area (TPSA) is 144 Å². The molecule has 1 atom stereocenters. The Morgan fingerprint density at radius 3 is 2.71 bits per heavy atom. The van der Waals surface area contributed by atoms with E-state index in [0.717, 1.165) is 0 Å². The number of carbonyl (C=O) groups is 1. The van der Waals surface area contributed by atoms with Crippen LogP contribution in [0.3, 0.4) is 0 Å². The number of hydrogen-bond donors (Lipinski definition) is 3. The number of amides is 1. The number of pyridine rings is 1. The summed E-state index contributed by atoms with van der Waals surface area (Å²) in [6.07, 6.45) is 1.95. The minimum absolute atomic E-state index is 0.173. The van der Waals surface area contributed by atoms with Crippen molar-refractivity contribution in [3.63, 3.8) is 0 Å². The number of nitrogens with two attached hydrogens (primary N) is 1. The van der Waals surface area contributed by atoms with E-state index in [9.17, 15) is 13.2 Å². The first kappa shape index (κ1) is 22.5. The Labute approximate surface area is 181 Å². The Bertz CT molecular complexity index is 1100. The number of rotatable bonds is 7. The molecular formula is C21H26N4O5S. The van der Waals surface area contributed by atoms with E-state index in [1.54, 1.807) is 30.3 Å². The van der Waals surface area contributed by atoms with Crippen LogP contribution in [0.25, 0.3) is 0 Å². The summed E-state index contributed by atoms with van der Waals surface area (Å²) < 4.78 is 35.1. The van der Waals surface area contributed by atoms with Crippen molar-refractivity contribution >= 4 is 27.3 Å². The molecule has 31 heavy (non-hydrogen) atoms. The summed E-state index contributed by atoms with van der Waals surface area (Å²) in [5, 5.41) is 10.4. The van der Waals surface area contributed by atoms with E-state index in [4.69, 9.17) is 20.6 Å². The standard InChI is InChI=1S/C21H26N4O5S/c1-21(2,20(22)23)31(27,28)12-13-8-9-30-18-7-4-14(10-16(13)18)25-19(26)17-6-5-15(29-3)11-24-17/h4-7,10-11,13H,8-9,12H2,1-3H3,(H3,22,23)(H,25,26). The number of carbonyl (C=O) groups excluding carboxylic acids is 1. The molecule has 0 radical (unpaired) electrons. The van der Waals surface area contributed by atoms with E-state index in [2.05, 4.69) is 10.3 Å². The molecule has 4 N–H and O–H groups in total. The zero-order chi connectivity index (χ0) is 22.8. The van der Waals surface area contributed by atoms with Gasteiger partial charge >= 0.3 is 0 Å². The molecule has 1 aromatic carbocycles. The minimum Gasteiger partial charge on any atom is -0.495 e. The van der Waals surface area contributed by atoms with Gasteiger partial charge in [-0.15, -0.1) is 0 Å². The maximum absolute atomic E-state index is 12.9. The van der Waals surface area contributed by atoms with Crippen LogP contribution in [0.4, 0.5) is 5.69 Å². The fourth-order valence-corrected chi connectivity index (χ4v) is 4.82. The highest BCUT2D eigenvalue weighted by Crippen LogP contribution is 2.38. The SMILES string of the molecule is COc1ccc(C(=O)Nc2ccc3c(c2)C(CS(=O)(=O)C(C)(C)C(=N)N)CCO3)nc1. The number of aromatic nitrogens is 1. The van der Waals surface area contributed by atoms with E-state index >= 15 is 0 Å². The van der Waals surface area contributed by atoms with Crippen molar-refractivity contribution in [2.24, 2.45) is 5.73 Å². The molecule has 9 nitrogen and oxygen atoms in total. The third kappa shape index (κ3) is 4.63. The molecule has 1 aliphatic rings. The zero-order valence-electron chi connectivity index (χ0n) is 17.6. The second-order valence-corrected chi connectivity index (χ2v) is 10.4. The molecule has 166 valence electrons. The number of nitrogens with zero attached hydrogens (tertiary/aromatic N) is 1. The normalized spacial score (nSPS) is 16.0. The van der Waals surface area contributed by atoms with Crippen molar-refractivity contribution in [2.45, 2.75) is 30.9 Å². The van der Waals surface area contributed by atoms with E-state index in [1.807, 2.05) is 0 Å². The molecule has 10 heteroatoms. The summed E-state index contributed by atoms with van der Waals surface area (Å²) >= 11 is 0. The van der Waals surface area contributed by atoms with E-state index in [1.165, 1.54) is 27.2 Å². The van der Waals surface area contributed by atoms with Crippen LogP contribution in [0.1, 0.15) is 42.2 Å². The monoisotopic (exact) mass is 446 g/mol. The summed E-state index contributed by atoms with van der Waals surface area (Å²) in [6.45, 7) is 3.25. The molecular weight excluding hydrogens is 420 g/mol. The lowest BCUT2D eigenvalue weighted by molar-refractivity contribution is 0.102. The summed E-state index contributed by atoms with van der Waals surface area (Å²) in [5.74, 6) is -0.196. The number of benzene rings is 1. The van der Waals surface area contributed by atoms with Crippen LogP contribution in [0.5, 0.6) is 11.5 Å². The Balaban J connectivity index is 1.83. The first-order chi connectivity index (χ1) is 14.5. The molecule has 2 heterocycles. The second-order valence-electron chi connectivity index (χ2n) is 7.83. The van der Waals surface area contributed by atoms with Gasteiger partial charge in [-0.3, -0.25) is 10.2 Å². The van der Waals surface area contributed by atoms with Crippen molar-refractivity contribution in [3.8, 4) is 11.5 Å². The van der Waals surface area contributed by atoms with Gasteiger partial charge in [0.1, 0.15) is 27.8 Å². The van der Waals surface area contributed by atoms with Gasteiger partial charge in [-0.05, 0) is 50.6 Å². The Hall–Kier alpha value is -3.14. The van der Waals surface area contributed by atoms with Gasteiger partial charge in [0.15, 0.2) is 9.84 Å². The minimum atomic E-state index is -3.70. The molecule has 1 aliphatic heterocycles. The van der Waals surface area contributed by atoms with Gasteiger partial charge in [-0.25, -0.2) is 13.4 Å². The summed E-state index contributed by atoms with van der Waals surface area (Å²) in [6, 6.07) is 8.31. The van der Waals surface area contributed by atoms with Gasteiger partial charge in [0.25, 0.3) is 5.91 Å². The van der Waals surface area contributed by atoms with Gasteiger partial charge < -0.3 is 20.5 Å². The van der Waals surface area contributed by atoms with Gasteiger partial charge in [-0.2, -0.15) is 0 Å². The molecule has 0 bridgehead atoms. The van der Waals surface area contributed by atoms with Crippen molar-refractivity contribution in [1.29, 1.82) is 5.41 Å². The number of sulfone groups is 1. The predicted octanol–water partition coefficient (Wildman–Crippen LogP) is 2.34. The molecule has 0 aliphatic carbocycles. The lowest BCUT2D eigenvalue weighted by Crippen LogP contribution is -2.47. The number of ether oxygens (including phenoxy) is 2. The first-order valence-corrected chi connectivity index (χ1v) is 11.4. The highest BCUT2D eigenvalue weighted by atomic mass is 32.2. The lowest BCUT2D eigenvalue weighted by atomic mass is 9.94. The molecule has 3 rings (SSSR count). The van der Waals surface area contributed by atoms with Crippen molar-refractivity contribution in [2.75, 3.05) is 24.8 Å². The number of hydrogen-bond acceptors (Lipinski definition) is 7. The third-order valence-electron chi connectivity index (χ3n) is 5.48. The molecule has 1 amide bonds.